The Balaban J connectivity index is 2.16. The van der Waals surface area contributed by atoms with Crippen molar-refractivity contribution in [2.45, 2.75) is 18.9 Å². The highest BCUT2D eigenvalue weighted by Crippen LogP contribution is 2.28. The number of rotatable bonds is 3. The van der Waals surface area contributed by atoms with Crippen LogP contribution in [-0.4, -0.2) is 37.5 Å². The van der Waals surface area contributed by atoms with E-state index < -0.39 is 16.1 Å². The van der Waals surface area contributed by atoms with E-state index in [0.29, 0.717) is 25.1 Å². The van der Waals surface area contributed by atoms with Gasteiger partial charge in [0.25, 0.3) is 0 Å². The van der Waals surface area contributed by atoms with Crippen molar-refractivity contribution < 1.29 is 13.2 Å². The SMILES string of the molecule is CS(=O)(=O)N1CCCC1C(=O)Nc1ccc(Br)cc1Br. The van der Waals surface area contributed by atoms with Gasteiger partial charge in [0.05, 0.1) is 11.9 Å². The predicted molar refractivity (Wildman–Crippen MR) is 85.0 cm³/mol. The van der Waals surface area contributed by atoms with E-state index in [2.05, 4.69) is 37.2 Å². The molecule has 8 heteroatoms. The number of amides is 1. The van der Waals surface area contributed by atoms with Crippen molar-refractivity contribution in [3.8, 4) is 0 Å². The summed E-state index contributed by atoms with van der Waals surface area (Å²) >= 11 is 6.70. The van der Waals surface area contributed by atoms with Gasteiger partial charge in [-0.1, -0.05) is 15.9 Å². The molecular formula is C12H14Br2N2O3S. The van der Waals surface area contributed by atoms with Gasteiger partial charge in [0.2, 0.25) is 15.9 Å². The Morgan fingerprint density at radius 2 is 2.10 bits per heavy atom. The maximum Gasteiger partial charge on any atom is 0.242 e. The van der Waals surface area contributed by atoms with Crippen molar-refractivity contribution in [2.75, 3.05) is 18.1 Å². The van der Waals surface area contributed by atoms with Crippen LogP contribution in [-0.2, 0) is 14.8 Å². The first-order chi connectivity index (χ1) is 9.29. The van der Waals surface area contributed by atoms with E-state index in [0.717, 1.165) is 15.2 Å². The summed E-state index contributed by atoms with van der Waals surface area (Å²) in [5.74, 6) is -0.295. The van der Waals surface area contributed by atoms with Crippen molar-refractivity contribution in [3.63, 3.8) is 0 Å². The van der Waals surface area contributed by atoms with Crippen molar-refractivity contribution in [2.24, 2.45) is 0 Å². The summed E-state index contributed by atoms with van der Waals surface area (Å²) in [7, 11) is -3.35. The van der Waals surface area contributed by atoms with Crippen molar-refractivity contribution in [3.05, 3.63) is 27.1 Å². The van der Waals surface area contributed by atoms with Crippen LogP contribution in [0.5, 0.6) is 0 Å². The molecule has 1 aliphatic heterocycles. The minimum absolute atomic E-state index is 0.295. The van der Waals surface area contributed by atoms with Gasteiger partial charge >= 0.3 is 0 Å². The Morgan fingerprint density at radius 3 is 2.70 bits per heavy atom. The molecule has 1 aromatic carbocycles. The lowest BCUT2D eigenvalue weighted by Crippen LogP contribution is -2.42. The average molecular weight is 426 g/mol. The summed E-state index contributed by atoms with van der Waals surface area (Å²) in [5, 5.41) is 2.77. The van der Waals surface area contributed by atoms with Crippen LogP contribution in [0.3, 0.4) is 0 Å². The van der Waals surface area contributed by atoms with Crippen LogP contribution in [0, 0.1) is 0 Å². The van der Waals surface area contributed by atoms with Crippen LogP contribution in [0.15, 0.2) is 27.1 Å². The number of halogens is 2. The molecule has 0 aromatic heterocycles. The van der Waals surface area contributed by atoms with Gasteiger partial charge in [0.1, 0.15) is 6.04 Å². The molecule has 1 saturated heterocycles. The van der Waals surface area contributed by atoms with Gasteiger partial charge in [0, 0.05) is 15.5 Å². The highest BCUT2D eigenvalue weighted by Gasteiger charge is 2.36. The predicted octanol–water partition coefficient (Wildman–Crippen LogP) is 2.57. The molecule has 0 radical (unpaired) electrons. The molecule has 1 heterocycles. The number of benzene rings is 1. The molecule has 1 fully saturated rings. The quantitative estimate of drug-likeness (QED) is 0.809. The zero-order valence-corrected chi connectivity index (χ0v) is 14.8. The Hall–Kier alpha value is -0.440. The van der Waals surface area contributed by atoms with Crippen molar-refractivity contribution in [1.29, 1.82) is 0 Å². The summed E-state index contributed by atoms with van der Waals surface area (Å²) in [6, 6.07) is 4.76. The zero-order valence-electron chi connectivity index (χ0n) is 10.8. The van der Waals surface area contributed by atoms with E-state index in [1.165, 1.54) is 4.31 Å². The molecule has 0 aliphatic carbocycles. The van der Waals surface area contributed by atoms with E-state index in [9.17, 15) is 13.2 Å². The number of sulfonamides is 1. The molecule has 0 spiro atoms. The summed E-state index contributed by atoms with van der Waals surface area (Å²) in [6.45, 7) is 0.401. The lowest BCUT2D eigenvalue weighted by atomic mass is 10.2. The van der Waals surface area contributed by atoms with Gasteiger partial charge in [-0.15, -0.1) is 0 Å². The molecule has 1 aliphatic rings. The molecule has 1 aromatic rings. The first kappa shape index (κ1) is 15.9. The number of anilines is 1. The van der Waals surface area contributed by atoms with Crippen molar-refractivity contribution >= 4 is 53.5 Å². The van der Waals surface area contributed by atoms with Crippen LogP contribution >= 0.6 is 31.9 Å². The number of hydrogen-bond donors (Lipinski definition) is 1. The Morgan fingerprint density at radius 1 is 1.40 bits per heavy atom. The van der Waals surface area contributed by atoms with Gasteiger partial charge in [-0.2, -0.15) is 4.31 Å². The normalized spacial score (nSPS) is 20.1. The fraction of sp³-hybridized carbons (Fsp3) is 0.417. The summed E-state index contributed by atoms with van der Waals surface area (Å²) in [5.41, 5.74) is 0.624. The second-order valence-corrected chi connectivity index (χ2v) is 8.35. The maximum absolute atomic E-state index is 12.3. The van der Waals surface area contributed by atoms with Crippen LogP contribution in [0.2, 0.25) is 0 Å². The molecule has 1 N–H and O–H groups in total. The lowest BCUT2D eigenvalue weighted by molar-refractivity contribution is -0.119. The maximum atomic E-state index is 12.3. The molecule has 5 nitrogen and oxygen atoms in total. The summed E-state index contributed by atoms with van der Waals surface area (Å²) in [4.78, 5) is 12.3. The highest BCUT2D eigenvalue weighted by atomic mass is 79.9. The van der Waals surface area contributed by atoms with E-state index >= 15 is 0 Å². The zero-order chi connectivity index (χ0) is 14.9. The smallest absolute Gasteiger partial charge is 0.242 e. The van der Waals surface area contributed by atoms with Gasteiger partial charge < -0.3 is 5.32 Å². The molecule has 0 saturated carbocycles. The fourth-order valence-corrected chi connectivity index (χ4v) is 4.48. The van der Waals surface area contributed by atoms with E-state index in [1.54, 1.807) is 6.07 Å². The topological polar surface area (TPSA) is 66.5 Å². The Kier molecular flexibility index (Phi) is 4.88. The van der Waals surface area contributed by atoms with E-state index in [-0.39, 0.29) is 5.91 Å². The Bertz CT molecular complexity index is 634. The van der Waals surface area contributed by atoms with Gasteiger partial charge in [-0.3, -0.25) is 4.79 Å². The second kappa shape index (κ2) is 6.13. The number of nitrogens with one attached hydrogen (secondary N) is 1. The van der Waals surface area contributed by atoms with E-state index in [4.69, 9.17) is 0 Å². The Labute approximate surface area is 135 Å². The second-order valence-electron chi connectivity index (χ2n) is 4.65. The highest BCUT2D eigenvalue weighted by molar-refractivity contribution is 9.11. The molecule has 110 valence electrons. The average Bonchev–Trinajstić information content (AvgIpc) is 2.81. The summed E-state index contributed by atoms with van der Waals surface area (Å²) < 4.78 is 26.2. The third-order valence-corrected chi connectivity index (χ3v) is 5.56. The van der Waals surface area contributed by atoms with Crippen molar-refractivity contribution in [1.82, 2.24) is 4.31 Å². The first-order valence-electron chi connectivity index (χ1n) is 6.02. The molecular weight excluding hydrogens is 412 g/mol. The summed E-state index contributed by atoms with van der Waals surface area (Å²) in [6.07, 6.45) is 2.38. The van der Waals surface area contributed by atoms with Crippen LogP contribution in [0.25, 0.3) is 0 Å². The molecule has 0 bridgehead atoms. The van der Waals surface area contributed by atoms with Gasteiger partial charge in [-0.05, 0) is 47.0 Å². The largest absolute Gasteiger partial charge is 0.324 e. The number of carbonyl (C=O) groups excluding carboxylic acids is 1. The lowest BCUT2D eigenvalue weighted by Gasteiger charge is -2.21. The fourth-order valence-electron chi connectivity index (χ4n) is 2.21. The minimum atomic E-state index is -3.35. The minimum Gasteiger partial charge on any atom is -0.324 e. The third-order valence-electron chi connectivity index (χ3n) is 3.12. The molecule has 20 heavy (non-hydrogen) atoms. The van der Waals surface area contributed by atoms with Crippen LogP contribution < -0.4 is 5.32 Å². The standard InChI is InChI=1S/C12H14Br2N2O3S/c1-20(18,19)16-6-2-3-11(16)12(17)15-10-5-4-8(13)7-9(10)14/h4-5,7,11H,2-3,6H2,1H3,(H,15,17). The molecule has 1 amide bonds. The first-order valence-corrected chi connectivity index (χ1v) is 9.45. The monoisotopic (exact) mass is 424 g/mol. The molecule has 1 atom stereocenters. The van der Waals surface area contributed by atoms with Crippen LogP contribution in [0.4, 0.5) is 5.69 Å². The third kappa shape index (κ3) is 3.60. The number of hydrogen-bond acceptors (Lipinski definition) is 3. The van der Waals surface area contributed by atoms with Crippen LogP contribution in [0.1, 0.15) is 12.8 Å². The number of nitrogens with zero attached hydrogens (tertiary/aromatic N) is 1. The van der Waals surface area contributed by atoms with E-state index in [1.807, 2.05) is 12.1 Å². The molecule has 2 rings (SSSR count). The molecule has 1 unspecified atom stereocenters. The van der Waals surface area contributed by atoms with Gasteiger partial charge in [-0.25, -0.2) is 8.42 Å². The number of carbonyl (C=O) groups is 1. The van der Waals surface area contributed by atoms with Gasteiger partial charge in [0.15, 0.2) is 0 Å².